The molecule has 5 nitrogen and oxygen atoms in total. The van der Waals surface area contributed by atoms with Crippen LogP contribution in [0.5, 0.6) is 5.75 Å². The average molecular weight is 491 g/mol. The van der Waals surface area contributed by atoms with Gasteiger partial charge in [-0.2, -0.15) is 0 Å². The molecule has 1 aliphatic rings. The molecule has 0 aliphatic carbocycles. The lowest BCUT2D eigenvalue weighted by Gasteiger charge is -2.38. The Morgan fingerprint density at radius 1 is 0.944 bits per heavy atom. The Morgan fingerprint density at radius 3 is 2.11 bits per heavy atom. The molecule has 1 heterocycles. The standard InChI is InChI=1S/C30H31FO5/c1-4-20(2)17-35-28(32)25-13-14-27(26(31)15-25)36-29(33)24-11-9-23(10-12-24)22-7-5-21(6-8-22)16-30(3)18-34-19-30/h5-15,20H,4,16-19H2,1-3H3. The van der Waals surface area contributed by atoms with Crippen LogP contribution in [0.4, 0.5) is 4.39 Å². The van der Waals surface area contributed by atoms with Crippen LogP contribution >= 0.6 is 0 Å². The molecule has 0 amide bonds. The van der Waals surface area contributed by atoms with Crippen LogP contribution in [0.3, 0.4) is 0 Å². The maximum absolute atomic E-state index is 14.5. The second-order valence-electron chi connectivity index (χ2n) is 9.90. The number of halogens is 1. The maximum atomic E-state index is 14.5. The van der Waals surface area contributed by atoms with Crippen LogP contribution in [0.2, 0.25) is 0 Å². The van der Waals surface area contributed by atoms with Gasteiger partial charge in [0.15, 0.2) is 11.6 Å². The van der Waals surface area contributed by atoms with Crippen LogP contribution in [-0.4, -0.2) is 31.8 Å². The van der Waals surface area contributed by atoms with E-state index in [2.05, 4.69) is 31.2 Å². The van der Waals surface area contributed by atoms with Crippen molar-refractivity contribution in [3.8, 4) is 16.9 Å². The summed E-state index contributed by atoms with van der Waals surface area (Å²) in [7, 11) is 0. The van der Waals surface area contributed by atoms with Crippen molar-refractivity contribution in [2.75, 3.05) is 19.8 Å². The molecule has 1 saturated heterocycles. The van der Waals surface area contributed by atoms with Crippen molar-refractivity contribution < 1.29 is 28.2 Å². The molecule has 4 rings (SSSR count). The molecule has 1 aliphatic heterocycles. The molecule has 36 heavy (non-hydrogen) atoms. The van der Waals surface area contributed by atoms with Gasteiger partial charge in [0.05, 0.1) is 30.9 Å². The van der Waals surface area contributed by atoms with E-state index >= 15 is 0 Å². The summed E-state index contributed by atoms with van der Waals surface area (Å²) in [4.78, 5) is 24.7. The Bertz CT molecular complexity index is 1210. The highest BCUT2D eigenvalue weighted by Gasteiger charge is 2.33. The molecule has 0 aromatic heterocycles. The highest BCUT2D eigenvalue weighted by Crippen LogP contribution is 2.31. The second-order valence-corrected chi connectivity index (χ2v) is 9.90. The van der Waals surface area contributed by atoms with Gasteiger partial charge in [-0.15, -0.1) is 0 Å². The predicted molar refractivity (Wildman–Crippen MR) is 136 cm³/mol. The third-order valence-corrected chi connectivity index (χ3v) is 6.51. The number of hydrogen-bond acceptors (Lipinski definition) is 5. The lowest BCUT2D eigenvalue weighted by Crippen LogP contribution is -2.41. The molecule has 188 valence electrons. The molecule has 1 unspecified atom stereocenters. The molecular formula is C30H31FO5. The van der Waals surface area contributed by atoms with E-state index in [0.29, 0.717) is 5.56 Å². The summed E-state index contributed by atoms with van der Waals surface area (Å²) in [6.45, 7) is 8.05. The van der Waals surface area contributed by atoms with Crippen molar-refractivity contribution in [1.29, 1.82) is 0 Å². The van der Waals surface area contributed by atoms with Gasteiger partial charge in [-0.1, -0.05) is 63.6 Å². The first-order valence-electron chi connectivity index (χ1n) is 12.2. The summed E-state index contributed by atoms with van der Waals surface area (Å²) in [5.74, 6) is -2.12. The van der Waals surface area contributed by atoms with Crippen molar-refractivity contribution in [1.82, 2.24) is 0 Å². The highest BCUT2D eigenvalue weighted by atomic mass is 19.1. The van der Waals surface area contributed by atoms with Crippen LogP contribution in [0.15, 0.2) is 66.7 Å². The molecule has 6 heteroatoms. The SMILES string of the molecule is CCC(C)COC(=O)c1ccc(OC(=O)c2ccc(-c3ccc(CC4(C)COC4)cc3)cc2)c(F)c1. The summed E-state index contributed by atoms with van der Waals surface area (Å²) in [5, 5.41) is 0. The normalized spacial score (nSPS) is 15.0. The molecule has 0 radical (unpaired) electrons. The Balaban J connectivity index is 1.36. The first-order chi connectivity index (χ1) is 17.3. The third kappa shape index (κ3) is 6.18. The van der Waals surface area contributed by atoms with E-state index in [9.17, 15) is 14.0 Å². The number of hydrogen-bond donors (Lipinski definition) is 0. The van der Waals surface area contributed by atoms with Gasteiger partial charge in [0, 0.05) is 5.41 Å². The number of benzene rings is 3. The fraction of sp³-hybridized carbons (Fsp3) is 0.333. The highest BCUT2D eigenvalue weighted by molar-refractivity contribution is 5.92. The smallest absolute Gasteiger partial charge is 0.343 e. The van der Waals surface area contributed by atoms with Gasteiger partial charge in [0.1, 0.15) is 0 Å². The monoisotopic (exact) mass is 490 g/mol. The molecule has 3 aromatic carbocycles. The van der Waals surface area contributed by atoms with Gasteiger partial charge in [-0.3, -0.25) is 0 Å². The zero-order valence-electron chi connectivity index (χ0n) is 20.9. The van der Waals surface area contributed by atoms with Crippen LogP contribution in [-0.2, 0) is 15.9 Å². The minimum absolute atomic E-state index is 0.0705. The topological polar surface area (TPSA) is 61.8 Å². The van der Waals surface area contributed by atoms with Crippen molar-refractivity contribution in [2.45, 2.75) is 33.6 Å². The number of rotatable bonds is 9. The first-order valence-corrected chi connectivity index (χ1v) is 12.2. The summed E-state index contributed by atoms with van der Waals surface area (Å²) in [6, 6.07) is 19.0. The first kappa shape index (κ1) is 25.6. The second kappa shape index (κ2) is 11.0. The number of esters is 2. The summed E-state index contributed by atoms with van der Waals surface area (Å²) in [6.07, 6.45) is 1.86. The van der Waals surface area contributed by atoms with Crippen molar-refractivity contribution in [2.24, 2.45) is 11.3 Å². The van der Waals surface area contributed by atoms with Crippen LogP contribution in [0.1, 0.15) is 53.5 Å². The molecule has 0 bridgehead atoms. The number of ether oxygens (including phenoxy) is 3. The van der Waals surface area contributed by atoms with Crippen LogP contribution < -0.4 is 4.74 Å². The van der Waals surface area contributed by atoms with E-state index in [1.165, 1.54) is 17.7 Å². The average Bonchev–Trinajstić information content (AvgIpc) is 2.87. The van der Waals surface area contributed by atoms with Crippen molar-refractivity contribution in [3.63, 3.8) is 0 Å². The molecule has 0 spiro atoms. The minimum Gasteiger partial charge on any atom is -0.462 e. The van der Waals surface area contributed by atoms with Crippen LogP contribution in [0.25, 0.3) is 11.1 Å². The quantitative estimate of drug-likeness (QED) is 0.253. The predicted octanol–water partition coefficient (Wildman–Crippen LogP) is 6.49. The van der Waals surface area contributed by atoms with Gasteiger partial charge in [-0.05, 0) is 59.4 Å². The van der Waals surface area contributed by atoms with E-state index in [4.69, 9.17) is 14.2 Å². The van der Waals surface area contributed by atoms with Gasteiger partial charge < -0.3 is 14.2 Å². The van der Waals surface area contributed by atoms with Crippen LogP contribution in [0, 0.1) is 17.2 Å². The maximum Gasteiger partial charge on any atom is 0.343 e. The van der Waals surface area contributed by atoms with Gasteiger partial charge in [0.2, 0.25) is 0 Å². The fourth-order valence-corrected chi connectivity index (χ4v) is 3.95. The van der Waals surface area contributed by atoms with E-state index in [-0.39, 0.29) is 29.3 Å². The Labute approximate surface area is 211 Å². The number of carbonyl (C=O) groups is 2. The summed E-state index contributed by atoms with van der Waals surface area (Å²) in [5.41, 5.74) is 3.85. The van der Waals surface area contributed by atoms with E-state index in [1.807, 2.05) is 26.0 Å². The molecule has 1 fully saturated rings. The van der Waals surface area contributed by atoms with Crippen molar-refractivity contribution in [3.05, 3.63) is 89.2 Å². The molecule has 0 saturated carbocycles. The molecule has 3 aromatic rings. The fourth-order valence-electron chi connectivity index (χ4n) is 3.95. The largest absolute Gasteiger partial charge is 0.462 e. The van der Waals surface area contributed by atoms with E-state index in [1.54, 1.807) is 12.1 Å². The summed E-state index contributed by atoms with van der Waals surface area (Å²) >= 11 is 0. The van der Waals surface area contributed by atoms with Gasteiger partial charge in [0.25, 0.3) is 0 Å². The third-order valence-electron chi connectivity index (χ3n) is 6.51. The zero-order valence-corrected chi connectivity index (χ0v) is 20.9. The zero-order chi connectivity index (χ0) is 25.7. The summed E-state index contributed by atoms with van der Waals surface area (Å²) < 4.78 is 30.3. The Hall–Kier alpha value is -3.51. The molecular weight excluding hydrogens is 459 g/mol. The Kier molecular flexibility index (Phi) is 7.85. The lowest BCUT2D eigenvalue weighted by atomic mass is 9.82. The Morgan fingerprint density at radius 2 is 1.56 bits per heavy atom. The van der Waals surface area contributed by atoms with E-state index in [0.717, 1.165) is 43.2 Å². The van der Waals surface area contributed by atoms with Crippen molar-refractivity contribution >= 4 is 11.9 Å². The number of carbonyl (C=O) groups excluding carboxylic acids is 2. The van der Waals surface area contributed by atoms with E-state index < -0.39 is 17.8 Å². The molecule has 0 N–H and O–H groups in total. The molecule has 1 atom stereocenters. The minimum atomic E-state index is -0.805. The lowest BCUT2D eigenvalue weighted by molar-refractivity contribution is -0.100. The van der Waals surface area contributed by atoms with Gasteiger partial charge >= 0.3 is 11.9 Å². The van der Waals surface area contributed by atoms with Gasteiger partial charge in [-0.25, -0.2) is 14.0 Å².